The summed E-state index contributed by atoms with van der Waals surface area (Å²) in [5, 5.41) is 9.23. The summed E-state index contributed by atoms with van der Waals surface area (Å²) < 4.78 is 5.26. The molecule has 0 aromatic carbocycles. The maximum Gasteiger partial charge on any atom is 0.0517 e. The Morgan fingerprint density at radius 3 is 2.45 bits per heavy atom. The predicted octanol–water partition coefficient (Wildman–Crippen LogP) is 1.57. The van der Waals surface area contributed by atoms with Crippen LogP contribution in [0.4, 0.5) is 0 Å². The van der Waals surface area contributed by atoms with E-state index in [1.165, 1.54) is 0 Å². The van der Waals surface area contributed by atoms with Crippen LogP contribution in [0.15, 0.2) is 0 Å². The van der Waals surface area contributed by atoms with E-state index in [0.717, 1.165) is 32.5 Å². The molecule has 1 aliphatic rings. The van der Waals surface area contributed by atoms with Crippen LogP contribution in [0.5, 0.6) is 0 Å². The highest BCUT2D eigenvalue weighted by Gasteiger charge is 2.28. The van der Waals surface area contributed by atoms with E-state index in [2.05, 4.69) is 6.92 Å². The number of rotatable bonds is 2. The van der Waals surface area contributed by atoms with E-state index in [1.807, 2.05) is 6.92 Å². The fourth-order valence-corrected chi connectivity index (χ4v) is 1.78. The quantitative estimate of drug-likeness (QED) is 0.661. The normalized spacial score (nSPS) is 26.5. The Bertz CT molecular complexity index is 115. The lowest BCUT2D eigenvalue weighted by Gasteiger charge is -2.34. The highest BCUT2D eigenvalue weighted by atomic mass is 16.5. The first-order chi connectivity index (χ1) is 5.12. The van der Waals surface area contributed by atoms with Gasteiger partial charge in [-0.3, -0.25) is 0 Å². The molecule has 0 saturated carbocycles. The summed E-state index contributed by atoms with van der Waals surface area (Å²) in [6.07, 6.45) is 2.93. The number of aliphatic hydroxyl groups excluding tert-OH is 1. The summed E-state index contributed by atoms with van der Waals surface area (Å²) in [7, 11) is 0. The van der Waals surface area contributed by atoms with Gasteiger partial charge in [-0.25, -0.2) is 0 Å². The minimum Gasteiger partial charge on any atom is -0.393 e. The van der Waals surface area contributed by atoms with Crippen molar-refractivity contribution in [2.75, 3.05) is 13.2 Å². The Morgan fingerprint density at radius 1 is 1.45 bits per heavy atom. The number of hydrogen-bond donors (Lipinski definition) is 1. The molecule has 1 atom stereocenters. The van der Waals surface area contributed by atoms with Gasteiger partial charge in [0.05, 0.1) is 6.10 Å². The van der Waals surface area contributed by atoms with Gasteiger partial charge in [-0.05, 0) is 31.6 Å². The molecule has 2 nitrogen and oxygen atoms in total. The molecule has 0 amide bonds. The SMILES string of the molecule is C[C@@H](O)CC1(C)CCOCC1. The van der Waals surface area contributed by atoms with Crippen LogP contribution < -0.4 is 0 Å². The standard InChI is InChI=1S/C9H18O2/c1-8(10)7-9(2)3-5-11-6-4-9/h8,10H,3-7H2,1-2H3/t8-/m1/s1. The lowest BCUT2D eigenvalue weighted by Crippen LogP contribution is -2.29. The lowest BCUT2D eigenvalue weighted by molar-refractivity contribution is -0.000568. The minimum absolute atomic E-state index is 0.168. The van der Waals surface area contributed by atoms with Gasteiger partial charge in [0.15, 0.2) is 0 Å². The molecule has 1 N–H and O–H groups in total. The molecule has 1 saturated heterocycles. The zero-order valence-electron chi connectivity index (χ0n) is 7.47. The van der Waals surface area contributed by atoms with Crippen LogP contribution in [0.3, 0.4) is 0 Å². The Morgan fingerprint density at radius 2 is 2.00 bits per heavy atom. The van der Waals surface area contributed by atoms with Gasteiger partial charge in [-0.1, -0.05) is 6.92 Å². The zero-order valence-corrected chi connectivity index (χ0v) is 7.47. The van der Waals surface area contributed by atoms with Crippen LogP contribution >= 0.6 is 0 Å². The third-order valence-corrected chi connectivity index (χ3v) is 2.49. The van der Waals surface area contributed by atoms with Crippen molar-refractivity contribution >= 4 is 0 Å². The van der Waals surface area contributed by atoms with Crippen LogP contribution in [0.25, 0.3) is 0 Å². The van der Waals surface area contributed by atoms with Gasteiger partial charge in [0.2, 0.25) is 0 Å². The van der Waals surface area contributed by atoms with Gasteiger partial charge in [0, 0.05) is 13.2 Å². The van der Waals surface area contributed by atoms with E-state index in [-0.39, 0.29) is 6.10 Å². The van der Waals surface area contributed by atoms with Crippen LogP contribution in [-0.2, 0) is 4.74 Å². The van der Waals surface area contributed by atoms with E-state index in [9.17, 15) is 5.11 Å². The minimum atomic E-state index is -0.168. The van der Waals surface area contributed by atoms with Gasteiger partial charge in [-0.15, -0.1) is 0 Å². The molecule has 11 heavy (non-hydrogen) atoms. The van der Waals surface area contributed by atoms with Gasteiger partial charge in [0.1, 0.15) is 0 Å². The first-order valence-corrected chi connectivity index (χ1v) is 4.38. The molecular formula is C9H18O2. The Hall–Kier alpha value is -0.0800. The molecule has 0 aliphatic carbocycles. The van der Waals surface area contributed by atoms with Crippen LogP contribution in [0.1, 0.15) is 33.1 Å². The van der Waals surface area contributed by atoms with E-state index in [4.69, 9.17) is 4.74 Å². The van der Waals surface area contributed by atoms with Gasteiger partial charge in [-0.2, -0.15) is 0 Å². The summed E-state index contributed by atoms with van der Waals surface area (Å²) in [4.78, 5) is 0. The molecule has 66 valence electrons. The molecular weight excluding hydrogens is 140 g/mol. The summed E-state index contributed by atoms with van der Waals surface area (Å²) in [5.74, 6) is 0. The smallest absolute Gasteiger partial charge is 0.0517 e. The van der Waals surface area contributed by atoms with Crippen LogP contribution in [-0.4, -0.2) is 24.4 Å². The molecule has 0 bridgehead atoms. The van der Waals surface area contributed by atoms with Crippen molar-refractivity contribution in [3.8, 4) is 0 Å². The van der Waals surface area contributed by atoms with Crippen LogP contribution in [0, 0.1) is 5.41 Å². The predicted molar refractivity (Wildman–Crippen MR) is 44.5 cm³/mol. The zero-order chi connectivity index (χ0) is 8.32. The highest BCUT2D eigenvalue weighted by molar-refractivity contribution is 4.78. The van der Waals surface area contributed by atoms with Crippen molar-refractivity contribution in [2.24, 2.45) is 5.41 Å². The van der Waals surface area contributed by atoms with E-state index < -0.39 is 0 Å². The highest BCUT2D eigenvalue weighted by Crippen LogP contribution is 2.34. The third-order valence-electron chi connectivity index (χ3n) is 2.49. The second kappa shape index (κ2) is 3.55. The van der Waals surface area contributed by atoms with Gasteiger partial charge in [0.25, 0.3) is 0 Å². The van der Waals surface area contributed by atoms with Crippen molar-refractivity contribution in [3.63, 3.8) is 0 Å². The maximum absolute atomic E-state index is 9.23. The van der Waals surface area contributed by atoms with Gasteiger partial charge < -0.3 is 9.84 Å². The van der Waals surface area contributed by atoms with Crippen molar-refractivity contribution < 1.29 is 9.84 Å². The first-order valence-electron chi connectivity index (χ1n) is 4.38. The average molecular weight is 158 g/mol. The lowest BCUT2D eigenvalue weighted by atomic mass is 9.78. The first kappa shape index (κ1) is 9.01. The fraction of sp³-hybridized carbons (Fsp3) is 1.00. The molecule has 0 aromatic rings. The maximum atomic E-state index is 9.23. The molecule has 1 fully saturated rings. The molecule has 1 aliphatic heterocycles. The van der Waals surface area contributed by atoms with Crippen molar-refractivity contribution in [2.45, 2.75) is 39.2 Å². The average Bonchev–Trinajstić information content (AvgIpc) is 1.85. The van der Waals surface area contributed by atoms with Crippen molar-refractivity contribution in [1.29, 1.82) is 0 Å². The summed E-state index contributed by atoms with van der Waals surface area (Å²) >= 11 is 0. The molecule has 0 radical (unpaired) electrons. The van der Waals surface area contributed by atoms with Crippen molar-refractivity contribution in [3.05, 3.63) is 0 Å². The largest absolute Gasteiger partial charge is 0.393 e. The summed E-state index contributed by atoms with van der Waals surface area (Å²) in [6.45, 7) is 5.83. The third kappa shape index (κ3) is 2.80. The van der Waals surface area contributed by atoms with Crippen LogP contribution in [0.2, 0.25) is 0 Å². The molecule has 2 heteroatoms. The molecule has 0 aromatic heterocycles. The second-order valence-electron chi connectivity index (χ2n) is 3.98. The van der Waals surface area contributed by atoms with Gasteiger partial charge >= 0.3 is 0 Å². The molecule has 1 rings (SSSR count). The summed E-state index contributed by atoms with van der Waals surface area (Å²) in [6, 6.07) is 0. The molecule has 0 spiro atoms. The number of ether oxygens (including phenoxy) is 1. The second-order valence-corrected chi connectivity index (χ2v) is 3.98. The number of aliphatic hydroxyl groups is 1. The summed E-state index contributed by atoms with van der Waals surface area (Å²) in [5.41, 5.74) is 0.326. The van der Waals surface area contributed by atoms with Crippen molar-refractivity contribution in [1.82, 2.24) is 0 Å². The fourth-order valence-electron chi connectivity index (χ4n) is 1.78. The molecule has 1 heterocycles. The number of hydrogen-bond acceptors (Lipinski definition) is 2. The molecule has 0 unspecified atom stereocenters. The Labute approximate surface area is 68.6 Å². The topological polar surface area (TPSA) is 29.5 Å². The Balaban J connectivity index is 2.37. The van der Waals surface area contributed by atoms with E-state index in [0.29, 0.717) is 5.41 Å². The van der Waals surface area contributed by atoms with E-state index in [1.54, 1.807) is 0 Å². The monoisotopic (exact) mass is 158 g/mol. The van der Waals surface area contributed by atoms with E-state index >= 15 is 0 Å². The Kier molecular flexibility index (Phi) is 2.90.